The van der Waals surface area contributed by atoms with Gasteiger partial charge in [-0.25, -0.2) is 9.78 Å². The topological polar surface area (TPSA) is 92.4 Å². The van der Waals surface area contributed by atoms with Crippen molar-refractivity contribution in [3.8, 4) is 17.4 Å². The second kappa shape index (κ2) is 9.07. The zero-order valence-corrected chi connectivity index (χ0v) is 18.0. The molecule has 2 amide bonds. The fourth-order valence-electron chi connectivity index (χ4n) is 3.74. The number of amides is 2. The molecule has 0 spiro atoms. The predicted octanol–water partition coefficient (Wildman–Crippen LogP) is 4.63. The number of likely N-dealkylation sites (tertiary alicyclic amines) is 1. The fraction of sp³-hybridized carbons (Fsp3) is 0.348. The smallest absolute Gasteiger partial charge is 0.321 e. The maximum atomic E-state index is 12.8. The first-order valence-corrected chi connectivity index (χ1v) is 10.4. The molecule has 1 fully saturated rings. The molecule has 1 unspecified atom stereocenters. The summed E-state index contributed by atoms with van der Waals surface area (Å²) < 4.78 is 11.2. The zero-order valence-electron chi connectivity index (χ0n) is 18.0. The van der Waals surface area contributed by atoms with Gasteiger partial charge in [0.15, 0.2) is 11.5 Å². The molecule has 0 bridgehead atoms. The van der Waals surface area contributed by atoms with E-state index in [1.165, 1.54) is 0 Å². The largest absolute Gasteiger partial charge is 0.493 e. The summed E-state index contributed by atoms with van der Waals surface area (Å²) in [5, 5.41) is 10.3. The average molecular weight is 422 g/mol. The highest BCUT2D eigenvalue weighted by atomic mass is 16.5. The van der Waals surface area contributed by atoms with Gasteiger partial charge in [-0.05, 0) is 56.5 Å². The standard InChI is InChI=1S/C23H27N5O3/c1-15-6-8-20(21(11-15)30-3)31-22-9-7-18(13-24-22)25-23(29)28-10-4-5-17(14-28)19-12-16(2)26-27-19/h6-9,11-13,17H,4-5,10,14H2,1-3H3,(H,25,29)(H,26,27). The number of anilines is 1. The van der Waals surface area contributed by atoms with Crippen molar-refractivity contribution in [2.45, 2.75) is 32.6 Å². The predicted molar refractivity (Wildman–Crippen MR) is 118 cm³/mol. The number of carbonyl (C=O) groups excluding carboxylic acids is 1. The molecule has 8 nitrogen and oxygen atoms in total. The van der Waals surface area contributed by atoms with Gasteiger partial charge in [0.05, 0.1) is 24.7 Å². The molecule has 3 heterocycles. The number of H-pyrrole nitrogens is 1. The Balaban J connectivity index is 1.37. The van der Waals surface area contributed by atoms with Crippen LogP contribution in [0.2, 0.25) is 0 Å². The van der Waals surface area contributed by atoms with Crippen LogP contribution in [0.25, 0.3) is 0 Å². The van der Waals surface area contributed by atoms with Crippen molar-refractivity contribution in [1.29, 1.82) is 0 Å². The first kappa shape index (κ1) is 20.7. The lowest BCUT2D eigenvalue weighted by Crippen LogP contribution is -2.41. The molecule has 8 heteroatoms. The second-order valence-electron chi connectivity index (χ2n) is 7.83. The third-order valence-electron chi connectivity index (χ3n) is 5.37. The number of nitrogens with one attached hydrogen (secondary N) is 2. The Bertz CT molecular complexity index is 1050. The van der Waals surface area contributed by atoms with Gasteiger partial charge in [0.25, 0.3) is 0 Å². The van der Waals surface area contributed by atoms with Crippen molar-refractivity contribution in [2.75, 3.05) is 25.5 Å². The Hall–Kier alpha value is -3.55. The van der Waals surface area contributed by atoms with E-state index >= 15 is 0 Å². The SMILES string of the molecule is COc1cc(C)ccc1Oc1ccc(NC(=O)N2CCCC(c3cc(C)[nH]n3)C2)cn1. The van der Waals surface area contributed by atoms with Gasteiger partial charge in [-0.15, -0.1) is 0 Å². The zero-order chi connectivity index (χ0) is 21.8. The van der Waals surface area contributed by atoms with Crippen LogP contribution in [-0.2, 0) is 0 Å². The summed E-state index contributed by atoms with van der Waals surface area (Å²) in [4.78, 5) is 18.9. The summed E-state index contributed by atoms with van der Waals surface area (Å²) in [6, 6.07) is 11.1. The summed E-state index contributed by atoms with van der Waals surface area (Å²) in [6.45, 7) is 5.35. The van der Waals surface area contributed by atoms with Crippen LogP contribution in [0, 0.1) is 13.8 Å². The molecule has 3 aromatic rings. The number of pyridine rings is 1. The van der Waals surface area contributed by atoms with E-state index in [-0.39, 0.29) is 11.9 Å². The van der Waals surface area contributed by atoms with Crippen LogP contribution < -0.4 is 14.8 Å². The molecule has 1 aromatic carbocycles. The average Bonchev–Trinajstić information content (AvgIpc) is 3.22. The van der Waals surface area contributed by atoms with Gasteiger partial charge in [0.2, 0.25) is 5.88 Å². The van der Waals surface area contributed by atoms with Gasteiger partial charge in [-0.2, -0.15) is 5.10 Å². The van der Waals surface area contributed by atoms with Crippen LogP contribution in [0.4, 0.5) is 10.5 Å². The minimum Gasteiger partial charge on any atom is -0.493 e. The molecule has 1 aliphatic rings. The summed E-state index contributed by atoms with van der Waals surface area (Å²) in [7, 11) is 1.60. The Morgan fingerprint density at radius 2 is 2.06 bits per heavy atom. The van der Waals surface area contributed by atoms with Crippen molar-refractivity contribution < 1.29 is 14.3 Å². The number of methoxy groups -OCH3 is 1. The van der Waals surface area contributed by atoms with Crippen LogP contribution >= 0.6 is 0 Å². The van der Waals surface area contributed by atoms with E-state index in [1.54, 1.807) is 25.4 Å². The molecule has 31 heavy (non-hydrogen) atoms. The number of aromatic amines is 1. The van der Waals surface area contributed by atoms with E-state index in [1.807, 2.05) is 36.9 Å². The number of ether oxygens (including phenoxy) is 2. The second-order valence-corrected chi connectivity index (χ2v) is 7.83. The number of urea groups is 1. The first-order chi connectivity index (χ1) is 15.0. The fourth-order valence-corrected chi connectivity index (χ4v) is 3.74. The minimum atomic E-state index is -0.132. The van der Waals surface area contributed by atoms with Crippen LogP contribution in [0.3, 0.4) is 0 Å². The summed E-state index contributed by atoms with van der Waals surface area (Å²) in [5.41, 5.74) is 3.75. The van der Waals surface area contributed by atoms with Crippen molar-refractivity contribution in [2.24, 2.45) is 0 Å². The molecular formula is C23H27N5O3. The maximum absolute atomic E-state index is 12.8. The number of hydrogen-bond donors (Lipinski definition) is 2. The summed E-state index contributed by atoms with van der Waals surface area (Å²) in [6.07, 6.45) is 3.57. The van der Waals surface area contributed by atoms with E-state index in [0.29, 0.717) is 29.6 Å². The third kappa shape index (κ3) is 4.96. The Morgan fingerprint density at radius 3 is 2.77 bits per heavy atom. The van der Waals surface area contributed by atoms with Gasteiger partial charge >= 0.3 is 6.03 Å². The van der Waals surface area contributed by atoms with Gasteiger partial charge in [-0.1, -0.05) is 6.07 Å². The molecule has 0 saturated carbocycles. The lowest BCUT2D eigenvalue weighted by Gasteiger charge is -2.32. The van der Waals surface area contributed by atoms with Crippen molar-refractivity contribution in [1.82, 2.24) is 20.1 Å². The number of benzene rings is 1. The number of nitrogens with zero attached hydrogens (tertiary/aromatic N) is 3. The van der Waals surface area contributed by atoms with Gasteiger partial charge in [0.1, 0.15) is 0 Å². The van der Waals surface area contributed by atoms with E-state index in [2.05, 4.69) is 26.6 Å². The molecule has 162 valence electrons. The molecule has 1 aliphatic heterocycles. The number of aryl methyl sites for hydroxylation is 2. The first-order valence-electron chi connectivity index (χ1n) is 10.4. The Kier molecular flexibility index (Phi) is 6.06. The number of rotatable bonds is 5. The van der Waals surface area contributed by atoms with Crippen molar-refractivity contribution >= 4 is 11.7 Å². The van der Waals surface area contributed by atoms with Crippen LogP contribution in [0.5, 0.6) is 17.4 Å². The normalized spacial score (nSPS) is 16.1. The Labute approximate surface area is 181 Å². The number of piperidine rings is 1. The summed E-state index contributed by atoms with van der Waals surface area (Å²) in [5.74, 6) is 1.91. The monoisotopic (exact) mass is 421 g/mol. The Morgan fingerprint density at radius 1 is 1.19 bits per heavy atom. The van der Waals surface area contributed by atoms with E-state index in [0.717, 1.165) is 36.3 Å². The minimum absolute atomic E-state index is 0.132. The molecule has 1 saturated heterocycles. The lowest BCUT2D eigenvalue weighted by molar-refractivity contribution is 0.192. The molecule has 2 aromatic heterocycles. The molecule has 1 atom stereocenters. The third-order valence-corrected chi connectivity index (χ3v) is 5.37. The van der Waals surface area contributed by atoms with Gasteiger partial charge in [-0.3, -0.25) is 5.10 Å². The quantitative estimate of drug-likeness (QED) is 0.626. The van der Waals surface area contributed by atoms with Crippen molar-refractivity contribution in [3.63, 3.8) is 0 Å². The summed E-state index contributed by atoms with van der Waals surface area (Å²) >= 11 is 0. The highest BCUT2D eigenvalue weighted by Gasteiger charge is 2.26. The highest BCUT2D eigenvalue weighted by Crippen LogP contribution is 2.32. The van der Waals surface area contributed by atoms with E-state index in [9.17, 15) is 4.79 Å². The lowest BCUT2D eigenvalue weighted by atomic mass is 9.95. The van der Waals surface area contributed by atoms with Crippen molar-refractivity contribution in [3.05, 3.63) is 59.5 Å². The van der Waals surface area contributed by atoms with Gasteiger partial charge in [0, 0.05) is 30.8 Å². The maximum Gasteiger partial charge on any atom is 0.321 e. The van der Waals surface area contributed by atoms with Crippen LogP contribution in [0.1, 0.15) is 35.7 Å². The number of aromatic nitrogens is 3. The molecule has 0 aliphatic carbocycles. The van der Waals surface area contributed by atoms with Crippen LogP contribution in [0.15, 0.2) is 42.6 Å². The van der Waals surface area contributed by atoms with E-state index < -0.39 is 0 Å². The number of carbonyl (C=O) groups is 1. The highest BCUT2D eigenvalue weighted by molar-refractivity contribution is 5.89. The molecule has 4 rings (SSSR count). The molecular weight excluding hydrogens is 394 g/mol. The number of hydrogen-bond acceptors (Lipinski definition) is 5. The van der Waals surface area contributed by atoms with E-state index in [4.69, 9.17) is 9.47 Å². The molecule has 0 radical (unpaired) electrons. The molecule has 2 N–H and O–H groups in total. The van der Waals surface area contributed by atoms with Crippen LogP contribution in [-0.4, -0.2) is 46.3 Å². The van der Waals surface area contributed by atoms with Gasteiger partial charge < -0.3 is 19.7 Å².